The van der Waals surface area contributed by atoms with Gasteiger partial charge in [0.15, 0.2) is 0 Å². The maximum atomic E-state index is 4.48. The average molecular weight is 304 g/mol. The van der Waals surface area contributed by atoms with Crippen LogP contribution in [0.3, 0.4) is 0 Å². The van der Waals surface area contributed by atoms with E-state index in [0.717, 1.165) is 37.0 Å². The van der Waals surface area contributed by atoms with Crippen LogP contribution in [0.25, 0.3) is 0 Å². The smallest absolute Gasteiger partial charge is 0.202 e. The van der Waals surface area contributed by atoms with E-state index in [1.165, 1.54) is 17.1 Å². The Morgan fingerprint density at radius 3 is 2.67 bits per heavy atom. The van der Waals surface area contributed by atoms with Crippen LogP contribution >= 0.6 is 11.5 Å². The monoisotopic (exact) mass is 304 g/mol. The van der Waals surface area contributed by atoms with Gasteiger partial charge < -0.3 is 10.2 Å². The maximum absolute atomic E-state index is 4.48. The van der Waals surface area contributed by atoms with Crippen molar-refractivity contribution in [3.8, 4) is 0 Å². The van der Waals surface area contributed by atoms with Gasteiger partial charge in [0.2, 0.25) is 5.13 Å². The molecule has 0 fully saturated rings. The molecule has 0 aliphatic carbocycles. The van der Waals surface area contributed by atoms with Gasteiger partial charge in [-0.15, -0.1) is 0 Å². The molecule has 5 heteroatoms. The molecule has 1 aromatic carbocycles. The summed E-state index contributed by atoms with van der Waals surface area (Å²) in [7, 11) is 2.16. The molecule has 21 heavy (non-hydrogen) atoms. The number of hydrogen-bond donors (Lipinski definition) is 1. The first-order valence-electron chi connectivity index (χ1n) is 7.45. The molecule has 0 aliphatic heterocycles. The van der Waals surface area contributed by atoms with Crippen molar-refractivity contribution in [3.05, 3.63) is 41.7 Å². The molecule has 0 atom stereocenters. The molecule has 2 rings (SSSR count). The Balaban J connectivity index is 1.65. The Hall–Kier alpha value is -1.46. The van der Waals surface area contributed by atoms with Gasteiger partial charge in [-0.3, -0.25) is 0 Å². The fraction of sp³-hybridized carbons (Fsp3) is 0.500. The van der Waals surface area contributed by atoms with Gasteiger partial charge in [0, 0.05) is 30.5 Å². The Bertz CT molecular complexity index is 524. The third kappa shape index (κ3) is 5.44. The number of rotatable bonds is 8. The maximum Gasteiger partial charge on any atom is 0.202 e. The van der Waals surface area contributed by atoms with E-state index in [0.29, 0.717) is 5.92 Å². The molecular weight excluding hydrogens is 280 g/mol. The first kappa shape index (κ1) is 15.9. The van der Waals surface area contributed by atoms with E-state index in [1.807, 2.05) is 0 Å². The number of nitrogens with one attached hydrogen (secondary N) is 1. The standard InChI is InChI=1S/C16H24N4S/c1-13(2)15-18-16(21-19-15)17-10-7-11-20(3)12-14-8-5-4-6-9-14/h4-6,8-9,13H,7,10-12H2,1-3H3,(H,17,18,19). The van der Waals surface area contributed by atoms with E-state index in [1.54, 1.807) is 0 Å². The van der Waals surface area contributed by atoms with Crippen LogP contribution in [0.1, 0.15) is 37.6 Å². The number of aromatic nitrogens is 2. The van der Waals surface area contributed by atoms with Crippen LogP contribution < -0.4 is 5.32 Å². The van der Waals surface area contributed by atoms with Crippen molar-refractivity contribution in [2.24, 2.45) is 0 Å². The molecule has 0 aliphatic rings. The molecule has 1 aromatic heterocycles. The van der Waals surface area contributed by atoms with Gasteiger partial charge in [0.1, 0.15) is 5.82 Å². The summed E-state index contributed by atoms with van der Waals surface area (Å²) in [5.74, 6) is 1.33. The number of hydrogen-bond acceptors (Lipinski definition) is 5. The summed E-state index contributed by atoms with van der Waals surface area (Å²) in [5.41, 5.74) is 1.36. The lowest BCUT2D eigenvalue weighted by Crippen LogP contribution is -2.21. The van der Waals surface area contributed by atoms with Gasteiger partial charge in [0.25, 0.3) is 0 Å². The molecule has 114 valence electrons. The highest BCUT2D eigenvalue weighted by Gasteiger charge is 2.07. The summed E-state index contributed by atoms with van der Waals surface area (Å²) in [6.07, 6.45) is 1.10. The molecule has 4 nitrogen and oxygen atoms in total. The molecule has 1 N–H and O–H groups in total. The SMILES string of the molecule is CC(C)c1nsc(NCCCN(C)Cc2ccccc2)n1. The summed E-state index contributed by atoms with van der Waals surface area (Å²) in [4.78, 5) is 6.82. The lowest BCUT2D eigenvalue weighted by molar-refractivity contribution is 0.325. The zero-order valence-electron chi connectivity index (χ0n) is 13.0. The second-order valence-corrected chi connectivity index (χ2v) is 6.37. The molecule has 0 spiro atoms. The van der Waals surface area contributed by atoms with Crippen molar-refractivity contribution in [1.29, 1.82) is 0 Å². The Morgan fingerprint density at radius 2 is 2.00 bits per heavy atom. The van der Waals surface area contributed by atoms with Gasteiger partial charge in [-0.05, 0) is 25.6 Å². The Kier molecular flexibility index (Phi) is 6.14. The average Bonchev–Trinajstić information content (AvgIpc) is 2.94. The van der Waals surface area contributed by atoms with Gasteiger partial charge in [-0.1, -0.05) is 44.2 Å². The molecular formula is C16H24N4S. The summed E-state index contributed by atoms with van der Waals surface area (Å²) in [5, 5.41) is 4.29. The van der Waals surface area contributed by atoms with E-state index in [-0.39, 0.29) is 0 Å². The van der Waals surface area contributed by atoms with Gasteiger partial charge >= 0.3 is 0 Å². The molecule has 0 bridgehead atoms. The Morgan fingerprint density at radius 1 is 1.24 bits per heavy atom. The highest BCUT2D eigenvalue weighted by atomic mass is 32.1. The van der Waals surface area contributed by atoms with Gasteiger partial charge in [-0.25, -0.2) is 4.98 Å². The predicted octanol–water partition coefficient (Wildman–Crippen LogP) is 3.60. The van der Waals surface area contributed by atoms with Crippen LogP contribution in [0.2, 0.25) is 0 Å². The predicted molar refractivity (Wildman–Crippen MR) is 89.9 cm³/mol. The third-order valence-corrected chi connectivity index (χ3v) is 3.93. The number of nitrogens with zero attached hydrogens (tertiary/aromatic N) is 3. The van der Waals surface area contributed by atoms with E-state index < -0.39 is 0 Å². The topological polar surface area (TPSA) is 41.1 Å². The molecule has 0 radical (unpaired) electrons. The first-order valence-corrected chi connectivity index (χ1v) is 8.22. The molecule has 0 saturated heterocycles. The van der Waals surface area contributed by atoms with Crippen LogP contribution in [0.4, 0.5) is 5.13 Å². The normalized spacial score (nSPS) is 11.3. The van der Waals surface area contributed by atoms with Crippen molar-refractivity contribution in [2.45, 2.75) is 32.7 Å². The van der Waals surface area contributed by atoms with Crippen LogP contribution in [-0.4, -0.2) is 34.4 Å². The van der Waals surface area contributed by atoms with E-state index >= 15 is 0 Å². The first-order chi connectivity index (χ1) is 10.1. The zero-order chi connectivity index (χ0) is 15.1. The Labute approximate surface area is 131 Å². The van der Waals surface area contributed by atoms with Crippen LogP contribution in [0.15, 0.2) is 30.3 Å². The zero-order valence-corrected chi connectivity index (χ0v) is 13.9. The van der Waals surface area contributed by atoms with Crippen LogP contribution in [-0.2, 0) is 6.54 Å². The minimum absolute atomic E-state index is 0.397. The molecule has 2 aromatic rings. The second-order valence-electron chi connectivity index (χ2n) is 5.62. The molecule has 0 saturated carbocycles. The number of anilines is 1. The minimum atomic E-state index is 0.397. The van der Waals surface area contributed by atoms with Crippen molar-refractivity contribution < 1.29 is 0 Å². The molecule has 1 heterocycles. The molecule has 0 unspecified atom stereocenters. The van der Waals surface area contributed by atoms with E-state index in [2.05, 4.69) is 70.8 Å². The van der Waals surface area contributed by atoms with Gasteiger partial charge in [0.05, 0.1) is 0 Å². The fourth-order valence-electron chi connectivity index (χ4n) is 2.06. The van der Waals surface area contributed by atoms with Crippen LogP contribution in [0.5, 0.6) is 0 Å². The largest absolute Gasteiger partial charge is 0.360 e. The summed E-state index contributed by atoms with van der Waals surface area (Å²) in [6.45, 7) is 7.23. The van der Waals surface area contributed by atoms with E-state index in [4.69, 9.17) is 0 Å². The molecule has 0 amide bonds. The highest BCUT2D eigenvalue weighted by molar-refractivity contribution is 7.09. The van der Waals surface area contributed by atoms with Crippen LogP contribution in [0, 0.1) is 0 Å². The van der Waals surface area contributed by atoms with E-state index in [9.17, 15) is 0 Å². The minimum Gasteiger partial charge on any atom is -0.360 e. The summed E-state index contributed by atoms with van der Waals surface area (Å²) in [6, 6.07) is 10.6. The van der Waals surface area contributed by atoms with Gasteiger partial charge in [-0.2, -0.15) is 4.37 Å². The lowest BCUT2D eigenvalue weighted by atomic mass is 10.2. The second kappa shape index (κ2) is 8.10. The number of benzene rings is 1. The van der Waals surface area contributed by atoms with Crippen molar-refractivity contribution in [3.63, 3.8) is 0 Å². The van der Waals surface area contributed by atoms with Crippen molar-refractivity contribution >= 4 is 16.7 Å². The highest BCUT2D eigenvalue weighted by Crippen LogP contribution is 2.17. The van der Waals surface area contributed by atoms with Crippen molar-refractivity contribution in [1.82, 2.24) is 14.3 Å². The quantitative estimate of drug-likeness (QED) is 0.757. The van der Waals surface area contributed by atoms with Crippen molar-refractivity contribution in [2.75, 3.05) is 25.5 Å². The summed E-state index contributed by atoms with van der Waals surface area (Å²) >= 11 is 1.45. The lowest BCUT2D eigenvalue weighted by Gasteiger charge is -2.16. The summed E-state index contributed by atoms with van der Waals surface area (Å²) < 4.78 is 4.34. The third-order valence-electron chi connectivity index (χ3n) is 3.25. The fourth-order valence-corrected chi connectivity index (χ4v) is 2.79.